The minimum absolute atomic E-state index is 0.183. The molecule has 1 unspecified atom stereocenters. The van der Waals surface area contributed by atoms with Gasteiger partial charge in [-0.05, 0) is 13.0 Å². The van der Waals surface area contributed by atoms with E-state index in [1.165, 1.54) is 14.0 Å². The van der Waals surface area contributed by atoms with Gasteiger partial charge in [-0.1, -0.05) is 0 Å². The van der Waals surface area contributed by atoms with E-state index < -0.39 is 33.5 Å². The molecule has 0 heterocycles. The van der Waals surface area contributed by atoms with Crippen LogP contribution in [0.4, 0.5) is 20.2 Å². The number of nitrogens with one attached hydrogen (secondary N) is 1. The summed E-state index contributed by atoms with van der Waals surface area (Å²) in [5.41, 5.74) is -2.44. The molecule has 0 spiro atoms. The van der Waals surface area contributed by atoms with Gasteiger partial charge in [0.05, 0.1) is 10.5 Å². The van der Waals surface area contributed by atoms with Crippen molar-refractivity contribution in [1.29, 1.82) is 0 Å². The number of methoxy groups -OCH3 is 1. The quantitative estimate of drug-likeness (QED) is 0.593. The minimum atomic E-state index is -1.35. The molecule has 1 atom stereocenters. The summed E-state index contributed by atoms with van der Waals surface area (Å²) in [6.45, 7) is 1.54. The molecule has 0 aliphatic rings. The average Bonchev–Trinajstić information content (AvgIpc) is 2.37. The van der Waals surface area contributed by atoms with E-state index in [1.54, 1.807) is 0 Å². The van der Waals surface area contributed by atoms with Crippen LogP contribution in [0.1, 0.15) is 13.3 Å². The molecule has 1 rings (SSSR count). The fourth-order valence-corrected chi connectivity index (χ4v) is 1.55. The van der Waals surface area contributed by atoms with Gasteiger partial charge in [-0.3, -0.25) is 10.1 Å². The van der Waals surface area contributed by atoms with Crippen LogP contribution in [-0.4, -0.2) is 35.9 Å². The third kappa shape index (κ3) is 4.10. The second kappa shape index (κ2) is 6.58. The molecule has 1 aromatic carbocycles. The molecule has 1 aromatic rings. The van der Waals surface area contributed by atoms with Crippen molar-refractivity contribution in [2.45, 2.75) is 18.9 Å². The molecule has 0 amide bonds. The summed E-state index contributed by atoms with van der Waals surface area (Å²) in [4.78, 5) is 9.95. The van der Waals surface area contributed by atoms with Crippen molar-refractivity contribution in [3.8, 4) is 0 Å². The fourth-order valence-electron chi connectivity index (χ4n) is 1.55. The number of aliphatic hydroxyl groups is 1. The number of hydrogen-bond acceptors (Lipinski definition) is 5. The van der Waals surface area contributed by atoms with Crippen LogP contribution >= 0.6 is 0 Å². The SMILES string of the molecule is COCCC(C)(O)CNc1c([N+](=O)[O-])ccc(F)c1F. The first kappa shape index (κ1) is 16.3. The van der Waals surface area contributed by atoms with Gasteiger partial charge in [-0.25, -0.2) is 8.78 Å². The Morgan fingerprint density at radius 3 is 2.70 bits per heavy atom. The van der Waals surface area contributed by atoms with E-state index in [4.69, 9.17) is 4.74 Å². The van der Waals surface area contributed by atoms with Crippen LogP contribution < -0.4 is 5.32 Å². The zero-order valence-electron chi connectivity index (χ0n) is 11.2. The molecule has 8 heteroatoms. The van der Waals surface area contributed by atoms with Crippen LogP contribution in [0, 0.1) is 21.7 Å². The Balaban J connectivity index is 2.91. The highest BCUT2D eigenvalue weighted by atomic mass is 19.2. The zero-order valence-corrected chi connectivity index (χ0v) is 11.2. The van der Waals surface area contributed by atoms with Crippen molar-refractivity contribution in [2.24, 2.45) is 0 Å². The standard InChI is InChI=1S/C12H16F2N2O4/c1-12(17,5-6-20-2)7-15-11-9(16(18)19)4-3-8(13)10(11)14/h3-4,15,17H,5-7H2,1-2H3. The Bertz CT molecular complexity index is 495. The van der Waals surface area contributed by atoms with Gasteiger partial charge in [-0.2, -0.15) is 0 Å². The van der Waals surface area contributed by atoms with Crippen molar-refractivity contribution < 1.29 is 23.5 Å². The van der Waals surface area contributed by atoms with Crippen LogP contribution in [0.25, 0.3) is 0 Å². The van der Waals surface area contributed by atoms with E-state index in [-0.39, 0.29) is 19.6 Å². The lowest BCUT2D eigenvalue weighted by molar-refractivity contribution is -0.384. The van der Waals surface area contributed by atoms with E-state index in [0.29, 0.717) is 6.07 Å². The predicted molar refractivity (Wildman–Crippen MR) is 68.6 cm³/mol. The summed E-state index contributed by atoms with van der Waals surface area (Å²) < 4.78 is 31.5. The maximum Gasteiger partial charge on any atom is 0.295 e. The molecule has 6 nitrogen and oxygen atoms in total. The molecule has 0 fully saturated rings. The van der Waals surface area contributed by atoms with E-state index >= 15 is 0 Å². The first-order valence-corrected chi connectivity index (χ1v) is 5.86. The zero-order chi connectivity index (χ0) is 15.3. The lowest BCUT2D eigenvalue weighted by Gasteiger charge is -2.23. The number of nitro benzene ring substituents is 1. The molecule has 0 saturated heterocycles. The van der Waals surface area contributed by atoms with Gasteiger partial charge in [0.15, 0.2) is 17.3 Å². The van der Waals surface area contributed by atoms with Crippen molar-refractivity contribution in [1.82, 2.24) is 0 Å². The highest BCUT2D eigenvalue weighted by Crippen LogP contribution is 2.29. The molecule has 0 aromatic heterocycles. The number of nitrogens with zero attached hydrogens (tertiary/aromatic N) is 1. The van der Waals surface area contributed by atoms with Gasteiger partial charge in [0, 0.05) is 32.7 Å². The minimum Gasteiger partial charge on any atom is -0.388 e. The third-order valence-corrected chi connectivity index (χ3v) is 2.76. The molecule has 2 N–H and O–H groups in total. The largest absolute Gasteiger partial charge is 0.388 e. The van der Waals surface area contributed by atoms with Crippen molar-refractivity contribution in [3.05, 3.63) is 33.9 Å². The molecular weight excluding hydrogens is 274 g/mol. The van der Waals surface area contributed by atoms with Crippen LogP contribution in [0.15, 0.2) is 12.1 Å². The second-order valence-corrected chi connectivity index (χ2v) is 4.61. The number of anilines is 1. The van der Waals surface area contributed by atoms with Gasteiger partial charge in [-0.15, -0.1) is 0 Å². The number of benzene rings is 1. The molecule has 0 aliphatic heterocycles. The van der Waals surface area contributed by atoms with Crippen LogP contribution in [0.5, 0.6) is 0 Å². The van der Waals surface area contributed by atoms with Gasteiger partial charge in [0.1, 0.15) is 0 Å². The Labute approximate surface area is 114 Å². The number of halogens is 2. The smallest absolute Gasteiger partial charge is 0.295 e. The highest BCUT2D eigenvalue weighted by molar-refractivity contribution is 5.62. The maximum absolute atomic E-state index is 13.6. The van der Waals surface area contributed by atoms with Crippen LogP contribution in [-0.2, 0) is 4.74 Å². The molecule has 20 heavy (non-hydrogen) atoms. The summed E-state index contributed by atoms with van der Waals surface area (Å²) >= 11 is 0. The molecule has 0 radical (unpaired) electrons. The second-order valence-electron chi connectivity index (χ2n) is 4.61. The van der Waals surface area contributed by atoms with Crippen LogP contribution in [0.3, 0.4) is 0 Å². The number of rotatable bonds is 7. The third-order valence-electron chi connectivity index (χ3n) is 2.76. The topological polar surface area (TPSA) is 84.6 Å². The summed E-state index contributed by atoms with van der Waals surface area (Å²) in [6, 6.07) is 1.55. The lowest BCUT2D eigenvalue weighted by Crippen LogP contribution is -2.35. The van der Waals surface area contributed by atoms with Crippen molar-refractivity contribution in [3.63, 3.8) is 0 Å². The summed E-state index contributed by atoms with van der Waals surface area (Å²) in [7, 11) is 1.46. The molecule has 0 saturated carbocycles. The molecule has 0 bridgehead atoms. The Morgan fingerprint density at radius 2 is 2.15 bits per heavy atom. The number of ether oxygens (including phenoxy) is 1. The van der Waals surface area contributed by atoms with E-state index in [9.17, 15) is 24.0 Å². The number of nitro groups is 1. The van der Waals surface area contributed by atoms with E-state index in [0.717, 1.165) is 6.07 Å². The molecule has 112 valence electrons. The summed E-state index contributed by atoms with van der Waals surface area (Å²) in [5.74, 6) is -2.55. The molecule has 0 aliphatic carbocycles. The van der Waals surface area contributed by atoms with Gasteiger partial charge in [0.25, 0.3) is 5.69 Å². The average molecular weight is 290 g/mol. The number of hydrogen-bond donors (Lipinski definition) is 2. The Kier molecular flexibility index (Phi) is 5.34. The first-order valence-electron chi connectivity index (χ1n) is 5.86. The molecular formula is C12H16F2N2O4. The van der Waals surface area contributed by atoms with Gasteiger partial charge >= 0.3 is 0 Å². The van der Waals surface area contributed by atoms with E-state index in [1.807, 2.05) is 0 Å². The lowest BCUT2D eigenvalue weighted by atomic mass is 10.0. The summed E-state index contributed by atoms with van der Waals surface area (Å²) in [5, 5.41) is 23.1. The first-order chi connectivity index (χ1) is 9.28. The monoisotopic (exact) mass is 290 g/mol. The highest BCUT2D eigenvalue weighted by Gasteiger charge is 2.25. The Hall–Kier alpha value is -1.80. The Morgan fingerprint density at radius 1 is 1.50 bits per heavy atom. The van der Waals surface area contributed by atoms with E-state index in [2.05, 4.69) is 5.32 Å². The van der Waals surface area contributed by atoms with Crippen LogP contribution in [0.2, 0.25) is 0 Å². The summed E-state index contributed by atoms with van der Waals surface area (Å²) in [6.07, 6.45) is 0.237. The van der Waals surface area contributed by atoms with Crippen molar-refractivity contribution in [2.75, 3.05) is 25.6 Å². The van der Waals surface area contributed by atoms with Crippen molar-refractivity contribution >= 4 is 11.4 Å². The van der Waals surface area contributed by atoms with Gasteiger partial charge < -0.3 is 15.2 Å². The maximum atomic E-state index is 13.6. The fraction of sp³-hybridized carbons (Fsp3) is 0.500. The normalized spacial score (nSPS) is 13.8. The van der Waals surface area contributed by atoms with Gasteiger partial charge in [0.2, 0.25) is 0 Å². The predicted octanol–water partition coefficient (Wildman–Crippen LogP) is 2.07.